The Morgan fingerprint density at radius 1 is 1.86 bits per heavy atom. The molecule has 0 aliphatic carbocycles. The Morgan fingerprint density at radius 3 is 3.07 bits per heavy atom. The number of hydrogen-bond donors (Lipinski definition) is 2. The van der Waals surface area contributed by atoms with E-state index in [2.05, 4.69) is 21.4 Å². The van der Waals surface area contributed by atoms with E-state index in [1.807, 2.05) is 13.8 Å². The largest absolute Gasteiger partial charge is 0.347 e. The third-order valence-electron chi connectivity index (χ3n) is 1.86. The summed E-state index contributed by atoms with van der Waals surface area (Å²) in [5, 5.41) is 9.18. The molecule has 1 amide bonds. The molecule has 0 bridgehead atoms. The molecule has 0 aliphatic heterocycles. The normalized spacial score (nSPS) is 11.8. The molecule has 0 aromatic carbocycles. The lowest BCUT2D eigenvalue weighted by molar-refractivity contribution is 0.0935. The number of terminal acetylenes is 1. The van der Waals surface area contributed by atoms with Crippen molar-refractivity contribution in [2.75, 3.05) is 0 Å². The van der Waals surface area contributed by atoms with Crippen molar-refractivity contribution in [1.29, 1.82) is 0 Å². The van der Waals surface area contributed by atoms with Gasteiger partial charge in [0.25, 0.3) is 5.91 Å². The van der Waals surface area contributed by atoms with Crippen LogP contribution >= 0.6 is 0 Å². The maximum Gasteiger partial charge on any atom is 0.269 e. The minimum atomic E-state index is -0.164. The highest BCUT2D eigenvalue weighted by atomic mass is 16.2. The Bertz CT molecular complexity index is 362. The summed E-state index contributed by atoms with van der Waals surface area (Å²) >= 11 is 0. The summed E-state index contributed by atoms with van der Waals surface area (Å²) in [6, 6.07) is -0.0183. The van der Waals surface area contributed by atoms with Gasteiger partial charge in [0.2, 0.25) is 0 Å². The smallest absolute Gasteiger partial charge is 0.269 e. The number of aryl methyl sites for hydroxylation is 1. The Morgan fingerprint density at radius 2 is 2.57 bits per heavy atom. The predicted octanol–water partition coefficient (Wildman–Crippen LogP) is 0.860. The molecular weight excluding hydrogens is 178 g/mol. The number of H-pyrrole nitrogens is 1. The summed E-state index contributed by atoms with van der Waals surface area (Å²) < 4.78 is 0. The van der Waals surface area contributed by atoms with Crippen LogP contribution in [0.1, 0.15) is 29.4 Å². The highest BCUT2D eigenvalue weighted by molar-refractivity contribution is 5.93. The zero-order valence-corrected chi connectivity index (χ0v) is 8.29. The van der Waals surface area contributed by atoms with E-state index in [4.69, 9.17) is 6.42 Å². The lowest BCUT2D eigenvalue weighted by Crippen LogP contribution is -2.32. The molecule has 1 aromatic rings. The Labute approximate surface area is 83.1 Å². The minimum absolute atomic E-state index is 0.0183. The van der Waals surface area contributed by atoms with Crippen LogP contribution in [0.4, 0.5) is 0 Å². The molecule has 0 saturated carbocycles. The van der Waals surface area contributed by atoms with Gasteiger partial charge in [-0.25, -0.2) is 0 Å². The Hall–Kier alpha value is -1.76. The standard InChI is InChI=1S/C10H13N3O/c1-4-5-8(3)12-10(14)9-7(2)6-11-13-9/h1,6,8H,5H2,2-3H3,(H,11,13)(H,12,14). The van der Waals surface area contributed by atoms with Crippen molar-refractivity contribution in [3.05, 3.63) is 17.5 Å². The molecule has 4 nitrogen and oxygen atoms in total. The summed E-state index contributed by atoms with van der Waals surface area (Å²) in [6.07, 6.45) is 7.27. The SMILES string of the molecule is C#CCC(C)NC(=O)c1[nH]ncc1C. The van der Waals surface area contributed by atoms with Crippen LogP contribution in [0.2, 0.25) is 0 Å². The summed E-state index contributed by atoms with van der Waals surface area (Å²) in [4.78, 5) is 11.6. The van der Waals surface area contributed by atoms with Crippen molar-refractivity contribution < 1.29 is 4.79 Å². The summed E-state index contributed by atoms with van der Waals surface area (Å²) in [7, 11) is 0. The van der Waals surface area contributed by atoms with Crippen molar-refractivity contribution in [3.8, 4) is 12.3 Å². The van der Waals surface area contributed by atoms with E-state index in [-0.39, 0.29) is 11.9 Å². The number of aromatic nitrogens is 2. The lowest BCUT2D eigenvalue weighted by atomic mass is 10.2. The van der Waals surface area contributed by atoms with Crippen LogP contribution in [0.15, 0.2) is 6.20 Å². The molecule has 1 heterocycles. The predicted molar refractivity (Wildman–Crippen MR) is 53.7 cm³/mol. The molecule has 2 N–H and O–H groups in total. The van der Waals surface area contributed by atoms with Gasteiger partial charge >= 0.3 is 0 Å². The van der Waals surface area contributed by atoms with E-state index in [1.165, 1.54) is 0 Å². The number of amides is 1. The number of hydrogen-bond acceptors (Lipinski definition) is 2. The van der Waals surface area contributed by atoms with Gasteiger partial charge in [0, 0.05) is 12.5 Å². The molecule has 74 valence electrons. The number of rotatable bonds is 3. The van der Waals surface area contributed by atoms with E-state index in [0.717, 1.165) is 5.56 Å². The van der Waals surface area contributed by atoms with Gasteiger partial charge in [-0.2, -0.15) is 5.10 Å². The average Bonchev–Trinajstić information content (AvgIpc) is 2.51. The first-order chi connectivity index (χ1) is 6.65. The van der Waals surface area contributed by atoms with Gasteiger partial charge in [-0.3, -0.25) is 9.89 Å². The summed E-state index contributed by atoms with van der Waals surface area (Å²) in [5.41, 5.74) is 1.32. The van der Waals surface area contributed by atoms with Gasteiger partial charge in [-0.1, -0.05) is 0 Å². The van der Waals surface area contributed by atoms with Crippen LogP contribution in [-0.2, 0) is 0 Å². The van der Waals surface area contributed by atoms with Gasteiger partial charge in [-0.15, -0.1) is 12.3 Å². The second-order valence-electron chi connectivity index (χ2n) is 3.21. The van der Waals surface area contributed by atoms with Crippen molar-refractivity contribution in [2.45, 2.75) is 26.3 Å². The van der Waals surface area contributed by atoms with Gasteiger partial charge < -0.3 is 5.32 Å². The molecule has 14 heavy (non-hydrogen) atoms. The molecule has 0 spiro atoms. The Kier molecular flexibility index (Phi) is 3.29. The summed E-state index contributed by atoms with van der Waals surface area (Å²) in [5.74, 6) is 2.33. The fourth-order valence-corrected chi connectivity index (χ4v) is 1.10. The molecule has 4 heteroatoms. The molecule has 1 unspecified atom stereocenters. The van der Waals surface area contributed by atoms with Crippen LogP contribution in [0, 0.1) is 19.3 Å². The topological polar surface area (TPSA) is 57.8 Å². The highest BCUT2D eigenvalue weighted by Gasteiger charge is 2.12. The molecule has 0 radical (unpaired) electrons. The molecule has 0 fully saturated rings. The maximum atomic E-state index is 11.6. The van der Waals surface area contributed by atoms with Gasteiger partial charge in [-0.05, 0) is 19.4 Å². The summed E-state index contributed by atoms with van der Waals surface area (Å²) in [6.45, 7) is 3.69. The van der Waals surface area contributed by atoms with Crippen molar-refractivity contribution in [3.63, 3.8) is 0 Å². The van der Waals surface area contributed by atoms with Crippen molar-refractivity contribution in [1.82, 2.24) is 15.5 Å². The number of nitrogens with zero attached hydrogens (tertiary/aromatic N) is 1. The van der Waals surface area contributed by atoms with Crippen LogP contribution in [0.25, 0.3) is 0 Å². The third-order valence-corrected chi connectivity index (χ3v) is 1.86. The fraction of sp³-hybridized carbons (Fsp3) is 0.400. The van der Waals surface area contributed by atoms with Gasteiger partial charge in [0.1, 0.15) is 5.69 Å². The van der Waals surface area contributed by atoms with Gasteiger partial charge in [0.15, 0.2) is 0 Å². The average molecular weight is 191 g/mol. The lowest BCUT2D eigenvalue weighted by Gasteiger charge is -2.09. The molecule has 1 rings (SSSR count). The van der Waals surface area contributed by atoms with Crippen LogP contribution in [0.3, 0.4) is 0 Å². The van der Waals surface area contributed by atoms with E-state index >= 15 is 0 Å². The van der Waals surface area contributed by atoms with Crippen LogP contribution < -0.4 is 5.32 Å². The fourth-order valence-electron chi connectivity index (χ4n) is 1.10. The number of carbonyl (C=O) groups is 1. The molecule has 0 saturated heterocycles. The van der Waals surface area contributed by atoms with Crippen LogP contribution in [0.5, 0.6) is 0 Å². The minimum Gasteiger partial charge on any atom is -0.347 e. The number of carbonyl (C=O) groups excluding carboxylic acids is 1. The van der Waals surface area contributed by atoms with E-state index < -0.39 is 0 Å². The first-order valence-electron chi connectivity index (χ1n) is 4.39. The van der Waals surface area contributed by atoms with Crippen LogP contribution in [-0.4, -0.2) is 22.1 Å². The monoisotopic (exact) mass is 191 g/mol. The maximum absolute atomic E-state index is 11.6. The second-order valence-corrected chi connectivity index (χ2v) is 3.21. The third kappa shape index (κ3) is 2.36. The van der Waals surface area contributed by atoms with E-state index in [9.17, 15) is 4.79 Å². The second kappa shape index (κ2) is 4.47. The zero-order chi connectivity index (χ0) is 10.6. The first-order valence-corrected chi connectivity index (χ1v) is 4.39. The van der Waals surface area contributed by atoms with Crippen molar-refractivity contribution >= 4 is 5.91 Å². The molecule has 1 atom stereocenters. The highest BCUT2D eigenvalue weighted by Crippen LogP contribution is 2.02. The van der Waals surface area contributed by atoms with E-state index in [1.54, 1.807) is 6.20 Å². The van der Waals surface area contributed by atoms with Gasteiger partial charge in [0.05, 0.1) is 6.20 Å². The van der Waals surface area contributed by atoms with E-state index in [0.29, 0.717) is 12.1 Å². The quantitative estimate of drug-likeness (QED) is 0.696. The molecule has 1 aromatic heterocycles. The number of nitrogens with one attached hydrogen (secondary N) is 2. The molecular formula is C10H13N3O. The van der Waals surface area contributed by atoms with Crippen molar-refractivity contribution in [2.24, 2.45) is 0 Å². The first kappa shape index (κ1) is 10.3. The molecule has 0 aliphatic rings. The number of aromatic amines is 1. The Balaban J connectivity index is 2.60. The zero-order valence-electron chi connectivity index (χ0n) is 8.29.